The SMILES string of the molecule is COc1cc(/C=C(\C#N)C(=O)Nc2ccc3c(c2)OCCO3)ccc1OC(=O)c1cccs1. The van der Waals surface area contributed by atoms with Gasteiger partial charge in [-0.25, -0.2) is 4.79 Å². The molecule has 3 aromatic rings. The first-order valence-corrected chi connectivity index (χ1v) is 10.7. The van der Waals surface area contributed by atoms with E-state index in [1.807, 2.05) is 6.07 Å². The number of thiophene rings is 1. The summed E-state index contributed by atoms with van der Waals surface area (Å²) in [5, 5.41) is 14.0. The standard InChI is InChI=1S/C24H18N2O6S/c1-29-20-12-15(4-6-19(20)32-24(28)22-3-2-10-33-22)11-16(14-25)23(27)26-17-5-7-18-21(13-17)31-9-8-30-18/h2-7,10-13H,8-9H2,1H3,(H,26,27)/b16-11+. The predicted molar refractivity (Wildman–Crippen MR) is 122 cm³/mol. The van der Waals surface area contributed by atoms with Crippen molar-refractivity contribution in [1.82, 2.24) is 0 Å². The van der Waals surface area contributed by atoms with Crippen molar-refractivity contribution in [2.45, 2.75) is 0 Å². The highest BCUT2D eigenvalue weighted by Crippen LogP contribution is 2.33. The number of esters is 1. The lowest BCUT2D eigenvalue weighted by Crippen LogP contribution is -2.17. The minimum absolute atomic E-state index is 0.115. The molecule has 1 aliphatic heterocycles. The van der Waals surface area contributed by atoms with Crippen LogP contribution in [0.15, 0.2) is 59.5 Å². The van der Waals surface area contributed by atoms with Gasteiger partial charge >= 0.3 is 5.97 Å². The van der Waals surface area contributed by atoms with Gasteiger partial charge in [0.1, 0.15) is 29.7 Å². The van der Waals surface area contributed by atoms with Gasteiger partial charge in [0.05, 0.1) is 7.11 Å². The van der Waals surface area contributed by atoms with Gasteiger partial charge in [0.2, 0.25) is 0 Å². The largest absolute Gasteiger partial charge is 0.493 e. The highest BCUT2D eigenvalue weighted by Gasteiger charge is 2.16. The number of ether oxygens (including phenoxy) is 4. The van der Waals surface area contributed by atoms with Crippen molar-refractivity contribution < 1.29 is 28.5 Å². The molecule has 0 bridgehead atoms. The average Bonchev–Trinajstić information content (AvgIpc) is 3.38. The number of nitrogens with zero attached hydrogens (tertiary/aromatic N) is 1. The zero-order valence-electron chi connectivity index (χ0n) is 17.5. The van der Waals surface area contributed by atoms with Gasteiger partial charge in [0, 0.05) is 11.8 Å². The van der Waals surface area contributed by atoms with Crippen LogP contribution >= 0.6 is 11.3 Å². The fourth-order valence-electron chi connectivity index (χ4n) is 3.04. The first-order chi connectivity index (χ1) is 16.1. The molecule has 0 radical (unpaired) electrons. The molecular weight excluding hydrogens is 444 g/mol. The maximum Gasteiger partial charge on any atom is 0.353 e. The molecular formula is C24H18N2O6S. The summed E-state index contributed by atoms with van der Waals surface area (Å²) in [7, 11) is 1.44. The van der Waals surface area contributed by atoms with E-state index in [0.29, 0.717) is 40.8 Å². The molecule has 0 atom stereocenters. The topological polar surface area (TPSA) is 107 Å². The summed E-state index contributed by atoms with van der Waals surface area (Å²) in [6.07, 6.45) is 1.42. The van der Waals surface area contributed by atoms with Gasteiger partial charge in [-0.15, -0.1) is 11.3 Å². The van der Waals surface area contributed by atoms with Gasteiger partial charge in [-0.05, 0) is 47.4 Å². The fraction of sp³-hybridized carbons (Fsp3) is 0.125. The molecule has 9 heteroatoms. The number of fused-ring (bicyclic) bond motifs is 1. The third kappa shape index (κ3) is 5.14. The van der Waals surface area contributed by atoms with E-state index in [4.69, 9.17) is 18.9 Å². The Balaban J connectivity index is 1.50. The molecule has 0 saturated heterocycles. The summed E-state index contributed by atoms with van der Waals surface area (Å²) < 4.78 is 21.7. The van der Waals surface area contributed by atoms with Crippen LogP contribution in [0, 0.1) is 11.3 Å². The number of anilines is 1. The number of hydrogen-bond donors (Lipinski definition) is 1. The molecule has 0 saturated carbocycles. The van der Waals surface area contributed by atoms with Crippen LogP contribution in [0.2, 0.25) is 0 Å². The molecule has 1 N–H and O–H groups in total. The highest BCUT2D eigenvalue weighted by atomic mass is 32.1. The summed E-state index contributed by atoms with van der Waals surface area (Å²) in [6.45, 7) is 0.893. The maximum atomic E-state index is 12.6. The first-order valence-electron chi connectivity index (χ1n) is 9.84. The van der Waals surface area contributed by atoms with Crippen molar-refractivity contribution in [3.05, 3.63) is 69.9 Å². The summed E-state index contributed by atoms with van der Waals surface area (Å²) in [4.78, 5) is 25.3. The van der Waals surface area contributed by atoms with E-state index in [-0.39, 0.29) is 17.1 Å². The maximum absolute atomic E-state index is 12.6. The van der Waals surface area contributed by atoms with E-state index in [1.54, 1.807) is 53.9 Å². The Labute approximate surface area is 193 Å². The molecule has 1 amide bonds. The van der Waals surface area contributed by atoms with Gasteiger partial charge in [-0.1, -0.05) is 12.1 Å². The van der Waals surface area contributed by atoms with Gasteiger partial charge in [0.15, 0.2) is 23.0 Å². The number of carbonyl (C=O) groups excluding carboxylic acids is 2. The van der Waals surface area contributed by atoms with Crippen LogP contribution in [-0.2, 0) is 4.79 Å². The lowest BCUT2D eigenvalue weighted by atomic mass is 10.1. The normalized spacial score (nSPS) is 12.4. The molecule has 166 valence electrons. The van der Waals surface area contributed by atoms with Gasteiger partial charge in [-0.3, -0.25) is 4.79 Å². The van der Waals surface area contributed by atoms with Crippen molar-refractivity contribution in [3.63, 3.8) is 0 Å². The smallest absolute Gasteiger partial charge is 0.353 e. The molecule has 1 aromatic heterocycles. The van der Waals surface area contributed by atoms with E-state index >= 15 is 0 Å². The number of nitriles is 1. The first kappa shape index (κ1) is 21.9. The third-order valence-corrected chi connectivity index (χ3v) is 5.44. The number of benzene rings is 2. The molecule has 2 heterocycles. The van der Waals surface area contributed by atoms with E-state index in [0.717, 1.165) is 0 Å². The number of carbonyl (C=O) groups is 2. The molecule has 1 aliphatic rings. The molecule has 0 fully saturated rings. The minimum atomic E-state index is -0.582. The molecule has 0 unspecified atom stereocenters. The number of nitrogens with one attached hydrogen (secondary N) is 1. The molecule has 33 heavy (non-hydrogen) atoms. The summed E-state index contributed by atoms with van der Waals surface area (Å²) in [5.41, 5.74) is 0.880. The predicted octanol–water partition coefficient (Wildman–Crippen LogP) is 4.29. The second-order valence-corrected chi connectivity index (χ2v) is 7.71. The van der Waals surface area contributed by atoms with Crippen molar-refractivity contribution in [1.29, 1.82) is 5.26 Å². The van der Waals surface area contributed by atoms with E-state index in [2.05, 4.69) is 5.32 Å². The average molecular weight is 462 g/mol. The van der Waals surface area contributed by atoms with Crippen molar-refractivity contribution in [3.8, 4) is 29.1 Å². The van der Waals surface area contributed by atoms with Crippen LogP contribution in [0.5, 0.6) is 23.0 Å². The number of amides is 1. The van der Waals surface area contributed by atoms with Crippen LogP contribution in [0.25, 0.3) is 6.08 Å². The number of methoxy groups -OCH3 is 1. The Hall–Kier alpha value is -4.29. The van der Waals surface area contributed by atoms with Crippen LogP contribution in [0.1, 0.15) is 15.2 Å². The molecule has 0 aliphatic carbocycles. The Morgan fingerprint density at radius 2 is 1.91 bits per heavy atom. The van der Waals surface area contributed by atoms with Gasteiger partial charge < -0.3 is 24.3 Å². The minimum Gasteiger partial charge on any atom is -0.493 e. The number of hydrogen-bond acceptors (Lipinski definition) is 8. The number of rotatable bonds is 6. The fourth-order valence-corrected chi connectivity index (χ4v) is 3.64. The molecule has 2 aromatic carbocycles. The second kappa shape index (κ2) is 9.89. The third-order valence-electron chi connectivity index (χ3n) is 4.59. The van der Waals surface area contributed by atoms with Crippen molar-refractivity contribution in [2.75, 3.05) is 25.6 Å². The molecule has 8 nitrogen and oxygen atoms in total. The highest BCUT2D eigenvalue weighted by molar-refractivity contribution is 7.12. The van der Waals surface area contributed by atoms with Gasteiger partial charge in [0.25, 0.3) is 5.91 Å². The Morgan fingerprint density at radius 3 is 2.64 bits per heavy atom. The summed E-state index contributed by atoms with van der Waals surface area (Å²) in [5.74, 6) is 0.566. The second-order valence-electron chi connectivity index (χ2n) is 6.76. The zero-order chi connectivity index (χ0) is 23.2. The van der Waals surface area contributed by atoms with E-state index < -0.39 is 11.9 Å². The lowest BCUT2D eigenvalue weighted by Gasteiger charge is -2.18. The van der Waals surface area contributed by atoms with Crippen LogP contribution in [-0.4, -0.2) is 32.2 Å². The Kier molecular flexibility index (Phi) is 6.57. The monoisotopic (exact) mass is 462 g/mol. The van der Waals surface area contributed by atoms with Crippen LogP contribution < -0.4 is 24.3 Å². The van der Waals surface area contributed by atoms with E-state index in [1.165, 1.54) is 24.5 Å². The summed E-state index contributed by atoms with van der Waals surface area (Å²) >= 11 is 1.27. The van der Waals surface area contributed by atoms with Crippen molar-refractivity contribution >= 4 is 35.0 Å². The van der Waals surface area contributed by atoms with Crippen molar-refractivity contribution in [2.24, 2.45) is 0 Å². The summed E-state index contributed by atoms with van der Waals surface area (Å²) in [6, 6.07) is 15.1. The van der Waals surface area contributed by atoms with Gasteiger partial charge in [-0.2, -0.15) is 5.26 Å². The quantitative estimate of drug-likeness (QED) is 0.252. The molecule has 0 spiro atoms. The Bertz CT molecular complexity index is 1260. The molecule has 4 rings (SSSR count). The lowest BCUT2D eigenvalue weighted by molar-refractivity contribution is -0.112. The van der Waals surface area contributed by atoms with Crippen LogP contribution in [0.3, 0.4) is 0 Å². The van der Waals surface area contributed by atoms with Crippen LogP contribution in [0.4, 0.5) is 5.69 Å². The Morgan fingerprint density at radius 1 is 1.09 bits per heavy atom. The van der Waals surface area contributed by atoms with E-state index in [9.17, 15) is 14.9 Å². The zero-order valence-corrected chi connectivity index (χ0v) is 18.3.